The van der Waals surface area contributed by atoms with E-state index in [4.69, 9.17) is 14.7 Å². The minimum atomic E-state index is -0.690. The van der Waals surface area contributed by atoms with Gasteiger partial charge < -0.3 is 9.47 Å². The molecule has 2 atom stereocenters. The van der Waals surface area contributed by atoms with Crippen LogP contribution >= 0.6 is 0 Å². The monoisotopic (exact) mass is 408 g/mol. The van der Waals surface area contributed by atoms with Crippen molar-refractivity contribution in [2.45, 2.75) is 31.5 Å². The van der Waals surface area contributed by atoms with Gasteiger partial charge in [-0.05, 0) is 36.6 Å². The van der Waals surface area contributed by atoms with Gasteiger partial charge in [0.15, 0.2) is 5.78 Å². The molecule has 0 saturated carbocycles. The predicted octanol–water partition coefficient (Wildman–Crippen LogP) is 3.70. The van der Waals surface area contributed by atoms with E-state index in [1.54, 1.807) is 4.90 Å². The Morgan fingerprint density at radius 1 is 1.13 bits per heavy atom. The molecule has 2 aliphatic heterocycles. The van der Waals surface area contributed by atoms with Crippen molar-refractivity contribution in [2.75, 3.05) is 13.2 Å². The Balaban J connectivity index is 1.45. The normalized spacial score (nSPS) is 22.8. The summed E-state index contributed by atoms with van der Waals surface area (Å²) in [7, 11) is 0. The number of morpholine rings is 1. The van der Waals surface area contributed by atoms with E-state index < -0.39 is 17.8 Å². The third-order valence-corrected chi connectivity index (χ3v) is 5.67. The zero-order valence-corrected chi connectivity index (χ0v) is 16.3. The summed E-state index contributed by atoms with van der Waals surface area (Å²) in [5, 5.41) is 8.88. The van der Waals surface area contributed by atoms with E-state index in [1.165, 1.54) is 12.1 Å². The number of Topliss-reactive ketones (excluding diaryl/α,β-unsaturated/α-hetero) is 1. The van der Waals surface area contributed by atoms with E-state index in [-0.39, 0.29) is 35.6 Å². The number of piperidine rings is 1. The van der Waals surface area contributed by atoms with Crippen LogP contribution < -0.4 is 0 Å². The van der Waals surface area contributed by atoms with E-state index in [0.29, 0.717) is 26.1 Å². The van der Waals surface area contributed by atoms with Gasteiger partial charge in [-0.3, -0.25) is 9.69 Å². The number of nitriles is 1. The predicted molar refractivity (Wildman–Crippen MR) is 105 cm³/mol. The summed E-state index contributed by atoms with van der Waals surface area (Å²) in [6, 6.07) is 14.6. The molecule has 7 heteroatoms. The van der Waals surface area contributed by atoms with E-state index in [1.807, 2.05) is 36.4 Å². The molecule has 2 fully saturated rings. The molecule has 2 heterocycles. The molecule has 0 aromatic heterocycles. The van der Waals surface area contributed by atoms with Gasteiger partial charge in [-0.2, -0.15) is 5.26 Å². The Kier molecular flexibility index (Phi) is 5.77. The van der Waals surface area contributed by atoms with Crippen molar-refractivity contribution in [1.29, 1.82) is 5.26 Å². The number of nitrogens with zero attached hydrogens (tertiary/aromatic N) is 2. The molecule has 0 spiro atoms. The lowest BCUT2D eigenvalue weighted by Crippen LogP contribution is -2.60. The van der Waals surface area contributed by atoms with Crippen LogP contribution in [-0.4, -0.2) is 42.1 Å². The highest BCUT2D eigenvalue weighted by Gasteiger charge is 2.44. The maximum Gasteiger partial charge on any atom is 0.410 e. The van der Waals surface area contributed by atoms with E-state index >= 15 is 0 Å². The fourth-order valence-electron chi connectivity index (χ4n) is 4.23. The standard InChI is InChI=1S/C23H21FN2O4/c24-21-8-16(11-25)6-7-20(21)22(27)17-9-18-13-29-14-19(10-17)26(18)23(28)30-12-15-4-2-1-3-5-15/h1-8,17-19H,9-10,12-14H2. The molecule has 0 radical (unpaired) electrons. The van der Waals surface area contributed by atoms with Crippen LogP contribution in [0.1, 0.15) is 34.3 Å². The van der Waals surface area contributed by atoms with Gasteiger partial charge in [0.25, 0.3) is 0 Å². The van der Waals surface area contributed by atoms with Crippen LogP contribution in [-0.2, 0) is 16.1 Å². The van der Waals surface area contributed by atoms with Crippen molar-refractivity contribution < 1.29 is 23.5 Å². The van der Waals surface area contributed by atoms with Crippen LogP contribution in [0.25, 0.3) is 0 Å². The average molecular weight is 408 g/mol. The first-order valence-electron chi connectivity index (χ1n) is 9.87. The molecular formula is C23H21FN2O4. The minimum absolute atomic E-state index is 0.0157. The molecule has 2 aliphatic rings. The molecule has 2 bridgehead atoms. The molecule has 2 aromatic rings. The summed E-state index contributed by atoms with van der Waals surface area (Å²) in [5.74, 6) is -1.40. The second-order valence-electron chi connectivity index (χ2n) is 7.63. The van der Waals surface area contributed by atoms with Crippen molar-refractivity contribution in [2.24, 2.45) is 5.92 Å². The fraction of sp³-hybridized carbons (Fsp3) is 0.348. The van der Waals surface area contributed by atoms with Gasteiger partial charge in [-0.25, -0.2) is 9.18 Å². The Labute approximate surface area is 173 Å². The van der Waals surface area contributed by atoms with Gasteiger partial charge >= 0.3 is 6.09 Å². The Hall–Kier alpha value is -3.24. The summed E-state index contributed by atoms with van der Waals surface area (Å²) < 4.78 is 25.4. The Morgan fingerprint density at radius 3 is 2.47 bits per heavy atom. The van der Waals surface area contributed by atoms with Gasteiger partial charge in [0.05, 0.1) is 42.5 Å². The summed E-state index contributed by atoms with van der Waals surface area (Å²) in [4.78, 5) is 27.3. The molecule has 0 N–H and O–H groups in total. The number of carbonyl (C=O) groups excluding carboxylic acids is 2. The van der Waals surface area contributed by atoms with Gasteiger partial charge in [-0.1, -0.05) is 30.3 Å². The summed E-state index contributed by atoms with van der Waals surface area (Å²) in [5.41, 5.74) is 1.05. The first kappa shape index (κ1) is 20.0. The molecule has 30 heavy (non-hydrogen) atoms. The highest BCUT2D eigenvalue weighted by atomic mass is 19.1. The molecule has 2 unspecified atom stereocenters. The molecule has 1 amide bonds. The third kappa shape index (κ3) is 4.05. The van der Waals surface area contributed by atoms with Crippen molar-refractivity contribution in [3.63, 3.8) is 0 Å². The smallest absolute Gasteiger partial charge is 0.410 e. The second kappa shape index (κ2) is 8.64. The van der Waals surface area contributed by atoms with Crippen molar-refractivity contribution >= 4 is 11.9 Å². The van der Waals surface area contributed by atoms with Crippen molar-refractivity contribution in [3.05, 3.63) is 71.0 Å². The number of rotatable bonds is 4. The SMILES string of the molecule is N#Cc1ccc(C(=O)C2CC3COCC(C2)N3C(=O)OCc2ccccc2)c(F)c1. The number of halogens is 1. The van der Waals surface area contributed by atoms with Crippen LogP contribution in [0.2, 0.25) is 0 Å². The molecule has 2 aromatic carbocycles. The van der Waals surface area contributed by atoms with Gasteiger partial charge in [0.1, 0.15) is 12.4 Å². The highest BCUT2D eigenvalue weighted by molar-refractivity contribution is 5.98. The zero-order valence-electron chi connectivity index (χ0n) is 16.3. The number of carbonyl (C=O) groups is 2. The second-order valence-corrected chi connectivity index (χ2v) is 7.63. The molecule has 6 nitrogen and oxygen atoms in total. The molecular weight excluding hydrogens is 387 g/mol. The molecule has 2 saturated heterocycles. The first-order valence-corrected chi connectivity index (χ1v) is 9.87. The quantitative estimate of drug-likeness (QED) is 0.721. The number of fused-ring (bicyclic) bond motifs is 2. The summed E-state index contributed by atoms with van der Waals surface area (Å²) >= 11 is 0. The third-order valence-electron chi connectivity index (χ3n) is 5.67. The lowest BCUT2D eigenvalue weighted by atomic mass is 9.80. The van der Waals surface area contributed by atoms with Crippen LogP contribution in [0.5, 0.6) is 0 Å². The van der Waals surface area contributed by atoms with E-state index in [0.717, 1.165) is 11.6 Å². The van der Waals surface area contributed by atoms with Gasteiger partial charge in [0.2, 0.25) is 0 Å². The average Bonchev–Trinajstić information content (AvgIpc) is 2.76. The van der Waals surface area contributed by atoms with Gasteiger partial charge in [-0.15, -0.1) is 0 Å². The number of hydrogen-bond acceptors (Lipinski definition) is 5. The summed E-state index contributed by atoms with van der Waals surface area (Å²) in [6.45, 7) is 0.808. The van der Waals surface area contributed by atoms with Crippen molar-refractivity contribution in [1.82, 2.24) is 4.90 Å². The van der Waals surface area contributed by atoms with Gasteiger partial charge in [0, 0.05) is 5.92 Å². The number of ether oxygens (including phenoxy) is 2. The van der Waals surface area contributed by atoms with Crippen LogP contribution in [0.3, 0.4) is 0 Å². The number of amides is 1. The molecule has 4 rings (SSSR count). The number of hydrogen-bond donors (Lipinski definition) is 0. The highest BCUT2D eigenvalue weighted by Crippen LogP contribution is 2.34. The molecule has 0 aliphatic carbocycles. The lowest BCUT2D eigenvalue weighted by Gasteiger charge is -2.47. The number of benzene rings is 2. The molecule has 154 valence electrons. The van der Waals surface area contributed by atoms with E-state index in [9.17, 15) is 14.0 Å². The van der Waals surface area contributed by atoms with Crippen LogP contribution in [0, 0.1) is 23.1 Å². The topological polar surface area (TPSA) is 79.6 Å². The minimum Gasteiger partial charge on any atom is -0.445 e. The van der Waals surface area contributed by atoms with Crippen LogP contribution in [0.15, 0.2) is 48.5 Å². The maximum absolute atomic E-state index is 14.3. The lowest BCUT2D eigenvalue weighted by molar-refractivity contribution is -0.0755. The number of ketones is 1. The van der Waals surface area contributed by atoms with E-state index in [2.05, 4.69) is 0 Å². The summed E-state index contributed by atoms with van der Waals surface area (Å²) in [6.07, 6.45) is 0.345. The first-order chi connectivity index (χ1) is 14.6. The Morgan fingerprint density at radius 2 is 1.83 bits per heavy atom. The van der Waals surface area contributed by atoms with Crippen molar-refractivity contribution in [3.8, 4) is 6.07 Å². The maximum atomic E-state index is 14.3. The zero-order chi connectivity index (χ0) is 21.1. The van der Waals surface area contributed by atoms with Crippen LogP contribution in [0.4, 0.5) is 9.18 Å². The fourth-order valence-corrected chi connectivity index (χ4v) is 4.23. The Bertz CT molecular complexity index is 974. The largest absolute Gasteiger partial charge is 0.445 e.